The Hall–Kier alpha value is -1.47. The molecule has 0 radical (unpaired) electrons. The van der Waals surface area contributed by atoms with Crippen molar-refractivity contribution in [1.29, 1.82) is 0 Å². The van der Waals surface area contributed by atoms with Crippen LogP contribution in [0.3, 0.4) is 0 Å². The maximum Gasteiger partial charge on any atom is 0.293 e. The van der Waals surface area contributed by atoms with E-state index in [2.05, 4.69) is 15.2 Å². The fourth-order valence-electron chi connectivity index (χ4n) is 1.14. The van der Waals surface area contributed by atoms with E-state index < -0.39 is 5.91 Å². The van der Waals surface area contributed by atoms with Gasteiger partial charge >= 0.3 is 0 Å². The molecule has 0 atom stereocenters. The first kappa shape index (κ1) is 11.6. The van der Waals surface area contributed by atoms with Gasteiger partial charge < -0.3 is 15.1 Å². The van der Waals surface area contributed by atoms with Crippen molar-refractivity contribution in [1.82, 2.24) is 20.1 Å². The number of nitrogens with zero attached hydrogens (tertiary/aromatic N) is 3. The molecule has 0 saturated heterocycles. The number of aromatic nitrogens is 3. The van der Waals surface area contributed by atoms with E-state index in [0.717, 1.165) is 0 Å². The Morgan fingerprint density at radius 1 is 1.40 bits per heavy atom. The van der Waals surface area contributed by atoms with Crippen LogP contribution in [0.1, 0.15) is 16.4 Å². The number of aryl methyl sites for hydroxylation is 1. The highest BCUT2D eigenvalue weighted by Crippen LogP contribution is 1.98. The topological polar surface area (TPSA) is 102 Å². The monoisotopic (exact) mass is 214 g/mol. The summed E-state index contributed by atoms with van der Waals surface area (Å²) in [5.74, 6) is 0.197. The van der Waals surface area contributed by atoms with Gasteiger partial charge in [-0.25, -0.2) is 4.98 Å². The second kappa shape index (κ2) is 5.42. The maximum atomic E-state index is 11.7. The van der Waals surface area contributed by atoms with E-state index in [9.17, 15) is 4.79 Å². The molecule has 15 heavy (non-hydrogen) atoms. The summed E-state index contributed by atoms with van der Waals surface area (Å²) in [4.78, 5) is 16.9. The minimum Gasteiger partial charge on any atom is -0.395 e. The standard InChI is InChI=1S/C8H14N4O3/c1-6-9-7(11-10-6)8(15)12(2-4-13)3-5-14/h13-14H,2-5H2,1H3,(H,9,10,11). The van der Waals surface area contributed by atoms with Gasteiger partial charge in [0, 0.05) is 13.1 Å². The predicted molar refractivity (Wildman–Crippen MR) is 51.2 cm³/mol. The summed E-state index contributed by atoms with van der Waals surface area (Å²) in [5.41, 5.74) is 0. The average Bonchev–Trinajstić information content (AvgIpc) is 2.63. The summed E-state index contributed by atoms with van der Waals surface area (Å²) in [6.45, 7) is 1.69. The zero-order valence-corrected chi connectivity index (χ0v) is 8.47. The lowest BCUT2D eigenvalue weighted by Crippen LogP contribution is -2.36. The SMILES string of the molecule is Cc1nc(C(=O)N(CCO)CCO)n[nH]1. The van der Waals surface area contributed by atoms with Gasteiger partial charge in [-0.2, -0.15) is 0 Å². The minimum absolute atomic E-state index is 0.0504. The predicted octanol–water partition coefficient (Wildman–Crippen LogP) is -1.46. The van der Waals surface area contributed by atoms with Gasteiger partial charge in [-0.3, -0.25) is 9.89 Å². The summed E-state index contributed by atoms with van der Waals surface area (Å²) in [7, 11) is 0. The summed E-state index contributed by atoms with van der Waals surface area (Å²) in [5, 5.41) is 23.7. The van der Waals surface area contributed by atoms with Gasteiger partial charge in [0.25, 0.3) is 5.91 Å². The van der Waals surface area contributed by atoms with Crippen molar-refractivity contribution in [3.05, 3.63) is 11.6 Å². The summed E-state index contributed by atoms with van der Waals surface area (Å²) in [6, 6.07) is 0. The van der Waals surface area contributed by atoms with Crippen molar-refractivity contribution in [3.8, 4) is 0 Å². The van der Waals surface area contributed by atoms with E-state index >= 15 is 0 Å². The van der Waals surface area contributed by atoms with Crippen molar-refractivity contribution < 1.29 is 15.0 Å². The summed E-state index contributed by atoms with van der Waals surface area (Å²) in [6.07, 6.45) is 0. The molecule has 1 aromatic rings. The molecule has 1 heterocycles. The number of aliphatic hydroxyl groups excluding tert-OH is 2. The fraction of sp³-hybridized carbons (Fsp3) is 0.625. The largest absolute Gasteiger partial charge is 0.395 e. The zero-order valence-electron chi connectivity index (χ0n) is 8.47. The molecule has 1 rings (SSSR count). The molecule has 7 heteroatoms. The number of carbonyl (C=O) groups excluding carboxylic acids is 1. The van der Waals surface area contributed by atoms with Crippen molar-refractivity contribution >= 4 is 5.91 Å². The highest BCUT2D eigenvalue weighted by atomic mass is 16.3. The Morgan fingerprint density at radius 3 is 2.40 bits per heavy atom. The quantitative estimate of drug-likeness (QED) is 0.556. The second-order valence-electron chi connectivity index (χ2n) is 2.98. The second-order valence-corrected chi connectivity index (χ2v) is 2.98. The normalized spacial score (nSPS) is 10.3. The van der Waals surface area contributed by atoms with E-state index in [-0.39, 0.29) is 32.1 Å². The number of aromatic amines is 1. The lowest BCUT2D eigenvalue weighted by Gasteiger charge is -2.18. The van der Waals surface area contributed by atoms with Crippen LogP contribution in [0.5, 0.6) is 0 Å². The van der Waals surface area contributed by atoms with Crippen LogP contribution < -0.4 is 0 Å². The van der Waals surface area contributed by atoms with Crippen LogP contribution in [-0.4, -0.2) is 62.5 Å². The molecule has 0 spiro atoms. The van der Waals surface area contributed by atoms with Crippen LogP contribution in [0.4, 0.5) is 0 Å². The van der Waals surface area contributed by atoms with Gasteiger partial charge in [0.05, 0.1) is 13.2 Å². The number of rotatable bonds is 5. The van der Waals surface area contributed by atoms with Gasteiger partial charge in [0.2, 0.25) is 5.82 Å². The first-order chi connectivity index (χ1) is 7.19. The average molecular weight is 214 g/mol. The Morgan fingerprint density at radius 2 is 2.00 bits per heavy atom. The molecule has 0 fully saturated rings. The first-order valence-corrected chi connectivity index (χ1v) is 4.59. The van der Waals surface area contributed by atoms with Crippen molar-refractivity contribution in [2.24, 2.45) is 0 Å². The van der Waals surface area contributed by atoms with Gasteiger partial charge in [-0.15, -0.1) is 5.10 Å². The smallest absolute Gasteiger partial charge is 0.293 e. The number of nitrogens with one attached hydrogen (secondary N) is 1. The lowest BCUT2D eigenvalue weighted by molar-refractivity contribution is 0.0673. The number of carbonyl (C=O) groups is 1. The highest BCUT2D eigenvalue weighted by Gasteiger charge is 2.18. The summed E-state index contributed by atoms with van der Waals surface area (Å²) >= 11 is 0. The third kappa shape index (κ3) is 3.00. The Labute approximate surface area is 86.7 Å². The van der Waals surface area contributed by atoms with Gasteiger partial charge in [0.15, 0.2) is 0 Å². The molecule has 0 aliphatic heterocycles. The molecule has 3 N–H and O–H groups in total. The third-order valence-corrected chi connectivity index (χ3v) is 1.82. The Balaban J connectivity index is 2.71. The van der Waals surface area contributed by atoms with Crippen LogP contribution >= 0.6 is 0 Å². The molecule has 84 valence electrons. The number of hydrogen-bond acceptors (Lipinski definition) is 5. The first-order valence-electron chi connectivity index (χ1n) is 4.59. The molecule has 7 nitrogen and oxygen atoms in total. The summed E-state index contributed by atoms with van der Waals surface area (Å²) < 4.78 is 0. The molecule has 1 amide bonds. The van der Waals surface area contributed by atoms with E-state index in [1.54, 1.807) is 6.92 Å². The number of amides is 1. The van der Waals surface area contributed by atoms with Gasteiger partial charge in [-0.05, 0) is 6.92 Å². The molecule has 0 aliphatic rings. The number of H-pyrrole nitrogens is 1. The molecule has 0 aliphatic carbocycles. The van der Waals surface area contributed by atoms with Gasteiger partial charge in [0.1, 0.15) is 5.82 Å². The molecule has 0 aromatic carbocycles. The molecule has 0 bridgehead atoms. The Kier molecular flexibility index (Phi) is 4.19. The Bertz CT molecular complexity index is 319. The zero-order chi connectivity index (χ0) is 11.3. The molecule has 0 saturated carbocycles. The minimum atomic E-state index is -0.401. The van der Waals surface area contributed by atoms with Crippen LogP contribution in [-0.2, 0) is 0 Å². The van der Waals surface area contributed by atoms with Gasteiger partial charge in [-0.1, -0.05) is 0 Å². The van der Waals surface area contributed by atoms with E-state index in [1.807, 2.05) is 0 Å². The maximum absolute atomic E-state index is 11.7. The lowest BCUT2D eigenvalue weighted by atomic mass is 10.4. The number of aliphatic hydroxyl groups is 2. The molecular weight excluding hydrogens is 200 g/mol. The van der Waals surface area contributed by atoms with Crippen LogP contribution in [0.25, 0.3) is 0 Å². The fourth-order valence-corrected chi connectivity index (χ4v) is 1.14. The van der Waals surface area contributed by atoms with Crippen LogP contribution in [0, 0.1) is 6.92 Å². The van der Waals surface area contributed by atoms with E-state index in [1.165, 1.54) is 4.90 Å². The molecular formula is C8H14N4O3. The van der Waals surface area contributed by atoms with Crippen molar-refractivity contribution in [2.75, 3.05) is 26.3 Å². The third-order valence-electron chi connectivity index (χ3n) is 1.82. The number of hydrogen-bond donors (Lipinski definition) is 3. The highest BCUT2D eigenvalue weighted by molar-refractivity contribution is 5.90. The van der Waals surface area contributed by atoms with Crippen LogP contribution in [0.2, 0.25) is 0 Å². The van der Waals surface area contributed by atoms with Crippen LogP contribution in [0.15, 0.2) is 0 Å². The van der Waals surface area contributed by atoms with E-state index in [4.69, 9.17) is 10.2 Å². The van der Waals surface area contributed by atoms with Crippen molar-refractivity contribution in [2.45, 2.75) is 6.92 Å². The van der Waals surface area contributed by atoms with Crippen molar-refractivity contribution in [3.63, 3.8) is 0 Å². The molecule has 0 unspecified atom stereocenters. The van der Waals surface area contributed by atoms with E-state index in [0.29, 0.717) is 5.82 Å². The molecule has 1 aromatic heterocycles.